The van der Waals surface area contributed by atoms with Gasteiger partial charge in [-0.3, -0.25) is 4.79 Å². The second kappa shape index (κ2) is 5.77. The molecule has 0 amide bonds. The molecule has 0 aliphatic carbocycles. The number of rotatable bonds is 4. The summed E-state index contributed by atoms with van der Waals surface area (Å²) < 4.78 is 15.1. The summed E-state index contributed by atoms with van der Waals surface area (Å²) in [5.41, 5.74) is 0. The highest BCUT2D eigenvalue weighted by atomic mass is 16.6. The van der Waals surface area contributed by atoms with Gasteiger partial charge in [0, 0.05) is 6.92 Å². The molecule has 1 aliphatic rings. The molecule has 0 spiro atoms. The summed E-state index contributed by atoms with van der Waals surface area (Å²) in [5.74, 6) is 1.58. The Hall–Kier alpha value is -0.805. The van der Waals surface area contributed by atoms with Crippen LogP contribution in [0, 0.1) is 0 Å². The molecule has 0 unspecified atom stereocenters. The van der Waals surface area contributed by atoms with E-state index >= 15 is 0 Å². The number of carbonyl (C=O) groups is 1. The first-order chi connectivity index (χ1) is 6.29. The number of hydrogen-bond acceptors (Lipinski definition) is 4. The number of esters is 1. The predicted octanol–water partition coefficient (Wildman–Crippen LogP) is 0.570. The third-order valence-electron chi connectivity index (χ3n) is 1.53. The minimum Gasteiger partial charge on any atom is -0.466 e. The van der Waals surface area contributed by atoms with Crippen molar-refractivity contribution in [2.45, 2.75) is 13.3 Å². The summed E-state index contributed by atoms with van der Waals surface area (Å²) in [6.45, 7) is 3.11. The molecule has 0 radical (unpaired) electrons. The molecule has 0 saturated carbocycles. The number of hydrogen-bond donors (Lipinski definition) is 0. The Morgan fingerprint density at radius 3 is 2.85 bits per heavy atom. The molecular formula is C8H13BO4. The van der Waals surface area contributed by atoms with Gasteiger partial charge in [-0.05, 0) is 6.42 Å². The Kier molecular flexibility index (Phi) is 4.57. The van der Waals surface area contributed by atoms with Gasteiger partial charge in [0.2, 0.25) is 0 Å². The topological polar surface area (TPSA) is 44.8 Å². The zero-order valence-corrected chi connectivity index (χ0v) is 7.69. The lowest BCUT2D eigenvalue weighted by Gasteiger charge is -1.97. The van der Waals surface area contributed by atoms with Crippen LogP contribution in [0.1, 0.15) is 13.3 Å². The summed E-state index contributed by atoms with van der Waals surface area (Å²) in [5, 5.41) is 0. The van der Waals surface area contributed by atoms with Crippen LogP contribution in [0.3, 0.4) is 0 Å². The lowest BCUT2D eigenvalue weighted by molar-refractivity contribution is -0.140. The molecule has 1 heterocycles. The average molecular weight is 184 g/mol. The molecule has 1 saturated heterocycles. The van der Waals surface area contributed by atoms with Crippen molar-refractivity contribution in [1.82, 2.24) is 0 Å². The highest BCUT2D eigenvalue weighted by Gasteiger charge is 2.19. The highest BCUT2D eigenvalue weighted by molar-refractivity contribution is 6.51. The molecule has 0 aromatic heterocycles. The van der Waals surface area contributed by atoms with Crippen LogP contribution in [0.5, 0.6) is 0 Å². The average Bonchev–Trinajstić information content (AvgIpc) is 2.55. The van der Waals surface area contributed by atoms with Gasteiger partial charge in [-0.1, -0.05) is 12.1 Å². The summed E-state index contributed by atoms with van der Waals surface area (Å²) in [4.78, 5) is 10.4. The zero-order valence-electron chi connectivity index (χ0n) is 7.69. The van der Waals surface area contributed by atoms with E-state index in [0.29, 0.717) is 26.2 Å². The Morgan fingerprint density at radius 1 is 1.54 bits per heavy atom. The lowest BCUT2D eigenvalue weighted by Crippen LogP contribution is -2.09. The van der Waals surface area contributed by atoms with Gasteiger partial charge in [0.05, 0.1) is 19.8 Å². The summed E-state index contributed by atoms with van der Waals surface area (Å²) in [7, 11) is -0.211. The van der Waals surface area contributed by atoms with Crippen LogP contribution in [0.4, 0.5) is 0 Å². The first-order valence-corrected chi connectivity index (χ1v) is 4.32. The normalized spacial score (nSPS) is 16.8. The van der Waals surface area contributed by atoms with Crippen molar-refractivity contribution in [1.29, 1.82) is 0 Å². The number of carbonyl (C=O) groups excluding carboxylic acids is 1. The van der Waals surface area contributed by atoms with Crippen molar-refractivity contribution in [2.75, 3.05) is 19.8 Å². The van der Waals surface area contributed by atoms with E-state index in [4.69, 9.17) is 14.0 Å². The monoisotopic (exact) mass is 184 g/mol. The fourth-order valence-electron chi connectivity index (χ4n) is 0.966. The van der Waals surface area contributed by atoms with Crippen molar-refractivity contribution in [3.8, 4) is 0 Å². The standard InChI is InChI=1S/C8H13BO4/c1-8(10)11-5-3-2-4-9-12-6-7-13-9/h2,4H,3,5-7H2,1H3/b4-2+. The van der Waals surface area contributed by atoms with Crippen LogP contribution >= 0.6 is 0 Å². The molecule has 0 aromatic carbocycles. The maximum absolute atomic E-state index is 10.4. The molecule has 0 atom stereocenters. The zero-order chi connectivity index (χ0) is 9.52. The van der Waals surface area contributed by atoms with Crippen molar-refractivity contribution < 1.29 is 18.8 Å². The van der Waals surface area contributed by atoms with Crippen LogP contribution in [0.25, 0.3) is 0 Å². The van der Waals surface area contributed by atoms with E-state index in [0.717, 1.165) is 0 Å². The predicted molar refractivity (Wildman–Crippen MR) is 48.0 cm³/mol. The quantitative estimate of drug-likeness (QED) is 0.364. The largest absolute Gasteiger partial charge is 0.485 e. The fraction of sp³-hybridized carbons (Fsp3) is 0.625. The molecule has 1 rings (SSSR count). The van der Waals surface area contributed by atoms with Crippen LogP contribution in [0.2, 0.25) is 0 Å². The van der Waals surface area contributed by atoms with E-state index in [1.807, 2.05) is 12.1 Å². The highest BCUT2D eigenvalue weighted by Crippen LogP contribution is 2.00. The molecular weight excluding hydrogens is 171 g/mol. The summed E-state index contributed by atoms with van der Waals surface area (Å²) in [6, 6.07) is 0. The van der Waals surface area contributed by atoms with Gasteiger partial charge < -0.3 is 14.0 Å². The molecule has 4 nitrogen and oxygen atoms in total. The Balaban J connectivity index is 2.00. The van der Waals surface area contributed by atoms with Gasteiger partial charge in [-0.25, -0.2) is 0 Å². The van der Waals surface area contributed by atoms with Gasteiger partial charge in [0.1, 0.15) is 0 Å². The van der Waals surface area contributed by atoms with Crippen LogP contribution < -0.4 is 0 Å². The third-order valence-corrected chi connectivity index (χ3v) is 1.53. The van der Waals surface area contributed by atoms with E-state index in [2.05, 4.69) is 0 Å². The Morgan fingerprint density at radius 2 is 2.23 bits per heavy atom. The lowest BCUT2D eigenvalue weighted by atomic mass is 9.90. The molecule has 0 aromatic rings. The van der Waals surface area contributed by atoms with Gasteiger partial charge in [0.25, 0.3) is 0 Å². The van der Waals surface area contributed by atoms with E-state index in [-0.39, 0.29) is 13.1 Å². The molecule has 72 valence electrons. The first-order valence-electron chi connectivity index (χ1n) is 4.32. The van der Waals surface area contributed by atoms with Crippen molar-refractivity contribution in [2.24, 2.45) is 0 Å². The second-order valence-corrected chi connectivity index (χ2v) is 2.67. The van der Waals surface area contributed by atoms with Gasteiger partial charge in [0.15, 0.2) is 0 Å². The second-order valence-electron chi connectivity index (χ2n) is 2.67. The minimum absolute atomic E-state index is 0.211. The summed E-state index contributed by atoms with van der Waals surface area (Å²) in [6.07, 6.45) is 2.59. The SMILES string of the molecule is CC(=O)OCC/C=C/B1OCCO1. The maximum Gasteiger partial charge on any atom is 0.485 e. The number of ether oxygens (including phenoxy) is 1. The van der Waals surface area contributed by atoms with Crippen molar-refractivity contribution in [3.63, 3.8) is 0 Å². The molecule has 0 N–H and O–H groups in total. The first kappa shape index (κ1) is 10.3. The molecule has 1 aliphatic heterocycles. The van der Waals surface area contributed by atoms with E-state index < -0.39 is 0 Å². The van der Waals surface area contributed by atoms with Gasteiger partial charge in [-0.15, -0.1) is 0 Å². The third kappa shape index (κ3) is 4.70. The minimum atomic E-state index is -0.248. The van der Waals surface area contributed by atoms with E-state index in [1.165, 1.54) is 6.92 Å². The Bertz CT molecular complexity index is 187. The molecule has 0 bridgehead atoms. The summed E-state index contributed by atoms with van der Waals surface area (Å²) >= 11 is 0. The Labute approximate surface area is 78.0 Å². The van der Waals surface area contributed by atoms with Crippen molar-refractivity contribution in [3.05, 3.63) is 12.1 Å². The fourth-order valence-corrected chi connectivity index (χ4v) is 0.966. The van der Waals surface area contributed by atoms with Crippen LogP contribution in [-0.4, -0.2) is 32.9 Å². The smallest absolute Gasteiger partial charge is 0.466 e. The molecule has 5 heteroatoms. The van der Waals surface area contributed by atoms with Crippen LogP contribution in [0.15, 0.2) is 12.1 Å². The van der Waals surface area contributed by atoms with E-state index in [1.54, 1.807) is 0 Å². The molecule has 13 heavy (non-hydrogen) atoms. The van der Waals surface area contributed by atoms with Crippen molar-refractivity contribution >= 4 is 13.1 Å². The van der Waals surface area contributed by atoms with Gasteiger partial charge in [-0.2, -0.15) is 0 Å². The van der Waals surface area contributed by atoms with Crippen LogP contribution in [-0.2, 0) is 18.8 Å². The molecule has 1 fully saturated rings. The maximum atomic E-state index is 10.4. The van der Waals surface area contributed by atoms with E-state index in [9.17, 15) is 4.79 Å². The van der Waals surface area contributed by atoms with Gasteiger partial charge >= 0.3 is 13.1 Å².